The van der Waals surface area contributed by atoms with Crippen LogP contribution in [-0.2, 0) is 17.8 Å². The van der Waals surface area contributed by atoms with Gasteiger partial charge >= 0.3 is 0 Å². The quantitative estimate of drug-likeness (QED) is 0.439. The van der Waals surface area contributed by atoms with Crippen LogP contribution in [0.3, 0.4) is 0 Å². The Balaban J connectivity index is 1.68. The molecule has 1 unspecified atom stereocenters. The monoisotopic (exact) mass is 476 g/mol. The average molecular weight is 477 g/mol. The lowest BCUT2D eigenvalue weighted by Crippen LogP contribution is -2.45. The number of aromatic nitrogens is 4. The van der Waals surface area contributed by atoms with Crippen molar-refractivity contribution >= 4 is 28.0 Å². The molecule has 3 aromatic heterocycles. The Hall–Kier alpha value is -3.43. The zero-order valence-electron chi connectivity index (χ0n) is 20.5. The number of nitrogens with two attached hydrogens (primary N) is 1. The summed E-state index contributed by atoms with van der Waals surface area (Å²) < 4.78 is 15.5. The predicted octanol–water partition coefficient (Wildman–Crippen LogP) is 3.29. The highest BCUT2D eigenvalue weighted by Gasteiger charge is 2.26. The maximum absolute atomic E-state index is 13.4. The van der Waals surface area contributed by atoms with Gasteiger partial charge in [-0.2, -0.15) is 0 Å². The fraction of sp³-hybridized carbons (Fsp3) is 0.423. The van der Waals surface area contributed by atoms with Gasteiger partial charge in [0.15, 0.2) is 5.82 Å². The highest BCUT2D eigenvalue weighted by Crippen LogP contribution is 2.35. The van der Waals surface area contributed by atoms with Crippen LogP contribution in [0.15, 0.2) is 36.5 Å². The molecule has 4 heterocycles. The van der Waals surface area contributed by atoms with Crippen LogP contribution >= 0.6 is 0 Å². The number of amides is 1. The predicted molar refractivity (Wildman–Crippen MR) is 136 cm³/mol. The summed E-state index contributed by atoms with van der Waals surface area (Å²) in [5.41, 5.74) is 10.1. The first-order chi connectivity index (χ1) is 17.0. The van der Waals surface area contributed by atoms with E-state index in [0.29, 0.717) is 43.1 Å². The molecule has 0 bridgehead atoms. The number of benzene rings is 1. The van der Waals surface area contributed by atoms with E-state index in [4.69, 9.17) is 20.2 Å². The van der Waals surface area contributed by atoms with Gasteiger partial charge in [0, 0.05) is 56.5 Å². The van der Waals surface area contributed by atoms with Gasteiger partial charge in [0.25, 0.3) is 5.91 Å². The molecule has 0 saturated carbocycles. The van der Waals surface area contributed by atoms with E-state index in [-0.39, 0.29) is 11.9 Å². The van der Waals surface area contributed by atoms with Crippen molar-refractivity contribution in [3.05, 3.63) is 42.1 Å². The van der Waals surface area contributed by atoms with Gasteiger partial charge in [-0.15, -0.1) is 0 Å². The summed E-state index contributed by atoms with van der Waals surface area (Å²) in [7, 11) is 3.31. The van der Waals surface area contributed by atoms with E-state index in [1.165, 1.54) is 0 Å². The first kappa shape index (κ1) is 23.3. The fourth-order valence-corrected chi connectivity index (χ4v) is 5.07. The Morgan fingerprint density at radius 1 is 1.23 bits per heavy atom. The van der Waals surface area contributed by atoms with Crippen LogP contribution in [0.1, 0.15) is 30.1 Å². The molecule has 1 fully saturated rings. The lowest BCUT2D eigenvalue weighted by molar-refractivity contribution is 0.0708. The van der Waals surface area contributed by atoms with E-state index in [9.17, 15) is 4.79 Å². The van der Waals surface area contributed by atoms with Gasteiger partial charge < -0.3 is 29.2 Å². The van der Waals surface area contributed by atoms with Crippen LogP contribution in [0.25, 0.3) is 33.6 Å². The molecular weight excluding hydrogens is 444 g/mol. The van der Waals surface area contributed by atoms with Gasteiger partial charge in [-0.25, -0.2) is 9.97 Å². The largest absolute Gasteiger partial charge is 0.494 e. The maximum Gasteiger partial charge on any atom is 0.254 e. The molecule has 1 saturated heterocycles. The molecule has 1 aliphatic heterocycles. The number of hydrogen-bond acceptors (Lipinski definition) is 6. The van der Waals surface area contributed by atoms with E-state index >= 15 is 0 Å². The van der Waals surface area contributed by atoms with E-state index in [0.717, 1.165) is 47.5 Å². The second kappa shape index (κ2) is 9.67. The van der Waals surface area contributed by atoms with Crippen LogP contribution in [0.5, 0.6) is 5.75 Å². The van der Waals surface area contributed by atoms with E-state index in [2.05, 4.69) is 33.2 Å². The SMILES string of the molecule is CCn1c(-c2nc3cc(C(=O)N4CCCC(N)C4)cc(OC)c3n2CCOC)cc2cccnc21. The van der Waals surface area contributed by atoms with Gasteiger partial charge in [-0.1, -0.05) is 0 Å². The molecule has 2 N–H and O–H groups in total. The first-order valence-electron chi connectivity index (χ1n) is 12.1. The van der Waals surface area contributed by atoms with Crippen molar-refractivity contribution in [3.8, 4) is 17.3 Å². The summed E-state index contributed by atoms with van der Waals surface area (Å²) in [5.74, 6) is 1.36. The molecule has 0 radical (unpaired) electrons. The zero-order valence-corrected chi connectivity index (χ0v) is 20.5. The summed E-state index contributed by atoms with van der Waals surface area (Å²) in [4.78, 5) is 24.8. The molecule has 1 aliphatic rings. The van der Waals surface area contributed by atoms with Crippen LogP contribution in [0.4, 0.5) is 0 Å². The van der Waals surface area contributed by atoms with Crippen molar-refractivity contribution in [3.63, 3.8) is 0 Å². The molecule has 5 rings (SSSR count). The number of rotatable bonds is 7. The lowest BCUT2D eigenvalue weighted by Gasteiger charge is -2.30. The number of carbonyl (C=O) groups is 1. The fourth-order valence-electron chi connectivity index (χ4n) is 5.07. The third-order valence-corrected chi connectivity index (χ3v) is 6.74. The molecule has 1 amide bonds. The molecule has 0 spiro atoms. The Morgan fingerprint density at radius 2 is 2.09 bits per heavy atom. The second-order valence-corrected chi connectivity index (χ2v) is 8.97. The number of ether oxygens (including phenoxy) is 2. The number of fused-ring (bicyclic) bond motifs is 2. The topological polar surface area (TPSA) is 100 Å². The molecule has 1 atom stereocenters. The average Bonchev–Trinajstić information content (AvgIpc) is 3.44. The minimum Gasteiger partial charge on any atom is -0.494 e. The van der Waals surface area contributed by atoms with E-state index in [1.807, 2.05) is 23.1 Å². The van der Waals surface area contributed by atoms with Crippen molar-refractivity contribution < 1.29 is 14.3 Å². The molecule has 1 aromatic carbocycles. The second-order valence-electron chi connectivity index (χ2n) is 8.97. The van der Waals surface area contributed by atoms with E-state index in [1.54, 1.807) is 20.4 Å². The number of likely N-dealkylation sites (tertiary alicyclic amines) is 1. The minimum absolute atomic E-state index is 0.0164. The summed E-state index contributed by atoms with van der Waals surface area (Å²) >= 11 is 0. The summed E-state index contributed by atoms with van der Waals surface area (Å²) in [6.45, 7) is 5.23. The number of piperidine rings is 1. The molecular formula is C26H32N6O3. The summed E-state index contributed by atoms with van der Waals surface area (Å²) in [5, 5.41) is 1.05. The number of carbonyl (C=O) groups excluding carboxylic acids is 1. The number of nitrogens with zero attached hydrogens (tertiary/aromatic N) is 5. The van der Waals surface area contributed by atoms with Crippen molar-refractivity contribution in [2.24, 2.45) is 5.73 Å². The number of aryl methyl sites for hydroxylation is 1. The van der Waals surface area contributed by atoms with Crippen LogP contribution < -0.4 is 10.5 Å². The van der Waals surface area contributed by atoms with Crippen molar-refractivity contribution in [2.75, 3.05) is 33.9 Å². The third-order valence-electron chi connectivity index (χ3n) is 6.74. The van der Waals surface area contributed by atoms with Crippen molar-refractivity contribution in [2.45, 2.75) is 38.9 Å². The first-order valence-corrected chi connectivity index (χ1v) is 12.1. The zero-order chi connectivity index (χ0) is 24.5. The Bertz CT molecular complexity index is 1370. The number of methoxy groups -OCH3 is 2. The Kier molecular flexibility index (Phi) is 6.44. The molecule has 184 valence electrons. The minimum atomic E-state index is -0.0415. The normalized spacial score (nSPS) is 16.3. The highest BCUT2D eigenvalue weighted by atomic mass is 16.5. The smallest absolute Gasteiger partial charge is 0.254 e. The number of pyridine rings is 1. The van der Waals surface area contributed by atoms with Gasteiger partial charge in [0.05, 0.1) is 24.9 Å². The van der Waals surface area contributed by atoms with Crippen LogP contribution in [0.2, 0.25) is 0 Å². The van der Waals surface area contributed by atoms with Gasteiger partial charge in [0.1, 0.15) is 16.9 Å². The molecule has 9 nitrogen and oxygen atoms in total. The van der Waals surface area contributed by atoms with E-state index < -0.39 is 0 Å². The van der Waals surface area contributed by atoms with Gasteiger partial charge in [-0.05, 0) is 50.1 Å². The molecule has 4 aromatic rings. The highest BCUT2D eigenvalue weighted by molar-refractivity contribution is 6.00. The molecule has 0 aliphatic carbocycles. The lowest BCUT2D eigenvalue weighted by atomic mass is 10.0. The Labute approximate surface area is 204 Å². The Morgan fingerprint density at radius 3 is 2.83 bits per heavy atom. The number of hydrogen-bond donors (Lipinski definition) is 1. The third kappa shape index (κ3) is 4.15. The molecule has 9 heteroatoms. The van der Waals surface area contributed by atoms with Crippen molar-refractivity contribution in [1.82, 2.24) is 24.0 Å². The number of imidazole rings is 1. The molecule has 35 heavy (non-hydrogen) atoms. The summed E-state index contributed by atoms with van der Waals surface area (Å²) in [6.07, 6.45) is 3.66. The van der Waals surface area contributed by atoms with Crippen LogP contribution in [0, 0.1) is 0 Å². The van der Waals surface area contributed by atoms with Gasteiger partial charge in [0.2, 0.25) is 0 Å². The summed E-state index contributed by atoms with van der Waals surface area (Å²) in [6, 6.07) is 9.81. The maximum atomic E-state index is 13.4. The van der Waals surface area contributed by atoms with Gasteiger partial charge in [-0.3, -0.25) is 4.79 Å². The standard InChI is InChI=1S/C26H32N6O3/c1-4-31-21(14-17-7-5-9-28-24(17)31)25-29-20-13-18(26(33)30-10-6-8-19(27)16-30)15-22(35-3)23(20)32(25)11-12-34-2/h5,7,9,13-15,19H,4,6,8,10-12,16,27H2,1-3H3. The van der Waals surface area contributed by atoms with Crippen molar-refractivity contribution in [1.29, 1.82) is 0 Å². The van der Waals surface area contributed by atoms with Crippen LogP contribution in [-0.4, -0.2) is 69.9 Å².